The molecule has 0 bridgehead atoms. The summed E-state index contributed by atoms with van der Waals surface area (Å²) < 4.78 is 31.5. The fraction of sp³-hybridized carbons (Fsp3) is 0.667. The highest BCUT2D eigenvalue weighted by molar-refractivity contribution is 6.18. The summed E-state index contributed by atoms with van der Waals surface area (Å²) in [6, 6.07) is 0. The lowest BCUT2D eigenvalue weighted by atomic mass is 9.99. The maximum absolute atomic E-state index is 13.9. The zero-order valence-electron chi connectivity index (χ0n) is 16.7. The zero-order chi connectivity index (χ0) is 21.9. The lowest BCUT2D eigenvalue weighted by Crippen LogP contribution is -2.49. The molecule has 0 aliphatic carbocycles. The number of carbonyl (C=O) groups is 2. The van der Waals surface area contributed by atoms with Crippen molar-refractivity contribution in [2.75, 3.05) is 18.2 Å². The van der Waals surface area contributed by atoms with E-state index in [4.69, 9.17) is 31.5 Å². The molecule has 2 rings (SSSR count). The molecule has 1 fully saturated rings. The average Bonchev–Trinajstić information content (AvgIpc) is 3.01. The van der Waals surface area contributed by atoms with E-state index in [1.165, 1.54) is 0 Å². The molecule has 3 unspecified atom stereocenters. The molecule has 11 heteroatoms. The van der Waals surface area contributed by atoms with Crippen molar-refractivity contribution in [2.45, 2.75) is 52.0 Å². The van der Waals surface area contributed by atoms with Crippen LogP contribution >= 0.6 is 11.6 Å². The molecule has 3 atom stereocenters. The number of esters is 2. The highest BCUT2D eigenvalue weighted by Gasteiger charge is 2.53. The summed E-state index contributed by atoms with van der Waals surface area (Å²) >= 11 is 6.13. The standard InChI is InChI=1S/C18H25ClFN3O6/c1-9(2)15(24)27-8-18(7-19)12(28-16(25)10(3)4)5-13(29-18)23-6-11(20)14(21)22-17(23)26/h6,9-10,12-13H,5,7-8H2,1-4H3,(H2,21,22,26). The van der Waals surface area contributed by atoms with Crippen LogP contribution in [-0.2, 0) is 23.8 Å². The van der Waals surface area contributed by atoms with Crippen LogP contribution in [0.25, 0.3) is 0 Å². The Balaban J connectivity index is 2.37. The summed E-state index contributed by atoms with van der Waals surface area (Å²) in [4.78, 5) is 39.7. The Hall–Kier alpha value is -2.20. The maximum Gasteiger partial charge on any atom is 0.351 e. The number of aromatic nitrogens is 2. The van der Waals surface area contributed by atoms with Gasteiger partial charge < -0.3 is 19.9 Å². The second-order valence-corrected chi connectivity index (χ2v) is 7.78. The van der Waals surface area contributed by atoms with Gasteiger partial charge in [0.25, 0.3) is 0 Å². The van der Waals surface area contributed by atoms with E-state index in [1.54, 1.807) is 27.7 Å². The number of nitrogen functional groups attached to an aromatic ring is 1. The number of nitrogens with two attached hydrogens (primary N) is 1. The summed E-state index contributed by atoms with van der Waals surface area (Å²) in [7, 11) is 0. The topological polar surface area (TPSA) is 123 Å². The number of nitrogens with zero attached hydrogens (tertiary/aromatic N) is 2. The van der Waals surface area contributed by atoms with Crippen molar-refractivity contribution in [1.82, 2.24) is 9.55 Å². The van der Waals surface area contributed by atoms with Crippen molar-refractivity contribution in [2.24, 2.45) is 11.8 Å². The Morgan fingerprint density at radius 3 is 2.55 bits per heavy atom. The van der Waals surface area contributed by atoms with Crippen LogP contribution in [-0.4, -0.2) is 45.7 Å². The quantitative estimate of drug-likeness (QED) is 0.508. The molecule has 162 valence electrons. The Morgan fingerprint density at radius 2 is 2.00 bits per heavy atom. The number of halogens is 2. The monoisotopic (exact) mass is 433 g/mol. The lowest BCUT2D eigenvalue weighted by Gasteiger charge is -2.32. The highest BCUT2D eigenvalue weighted by Crippen LogP contribution is 2.40. The van der Waals surface area contributed by atoms with E-state index in [9.17, 15) is 18.8 Å². The Morgan fingerprint density at radius 1 is 1.38 bits per heavy atom. The van der Waals surface area contributed by atoms with E-state index in [1.807, 2.05) is 0 Å². The van der Waals surface area contributed by atoms with Crippen LogP contribution < -0.4 is 11.4 Å². The number of ether oxygens (including phenoxy) is 3. The number of rotatable bonds is 7. The van der Waals surface area contributed by atoms with Gasteiger partial charge in [-0.2, -0.15) is 4.98 Å². The summed E-state index contributed by atoms with van der Waals surface area (Å²) in [6.07, 6.45) is -1.14. The number of alkyl halides is 1. The Bertz CT molecular complexity index is 830. The van der Waals surface area contributed by atoms with Gasteiger partial charge >= 0.3 is 17.6 Å². The Labute approximate surface area is 172 Å². The average molecular weight is 434 g/mol. The molecule has 1 saturated heterocycles. The third kappa shape index (κ3) is 5.05. The molecule has 2 N–H and O–H groups in total. The second kappa shape index (κ2) is 9.08. The van der Waals surface area contributed by atoms with E-state index in [2.05, 4.69) is 4.98 Å². The number of carbonyl (C=O) groups excluding carboxylic acids is 2. The van der Waals surface area contributed by atoms with Crippen molar-refractivity contribution >= 4 is 29.4 Å². The van der Waals surface area contributed by atoms with Crippen LogP contribution in [0.3, 0.4) is 0 Å². The van der Waals surface area contributed by atoms with Gasteiger partial charge in [-0.3, -0.25) is 14.2 Å². The first-order valence-electron chi connectivity index (χ1n) is 9.15. The van der Waals surface area contributed by atoms with Crippen LogP contribution in [0.4, 0.5) is 10.2 Å². The zero-order valence-corrected chi connectivity index (χ0v) is 17.4. The number of hydrogen-bond donors (Lipinski definition) is 1. The molecule has 1 aliphatic rings. The first kappa shape index (κ1) is 23.1. The molecule has 9 nitrogen and oxygen atoms in total. The van der Waals surface area contributed by atoms with Gasteiger partial charge in [0, 0.05) is 6.42 Å². The maximum atomic E-state index is 13.9. The van der Waals surface area contributed by atoms with Crippen LogP contribution in [0.1, 0.15) is 40.3 Å². The van der Waals surface area contributed by atoms with E-state index in [0.717, 1.165) is 10.8 Å². The molecule has 1 aromatic rings. The lowest BCUT2D eigenvalue weighted by molar-refractivity contribution is -0.176. The molecule has 0 amide bonds. The third-order valence-electron chi connectivity index (χ3n) is 4.50. The predicted octanol–water partition coefficient (Wildman–Crippen LogP) is 1.63. The van der Waals surface area contributed by atoms with Gasteiger partial charge in [0.05, 0.1) is 23.9 Å². The minimum atomic E-state index is -1.42. The number of anilines is 1. The van der Waals surface area contributed by atoms with Gasteiger partial charge in [-0.25, -0.2) is 9.18 Å². The van der Waals surface area contributed by atoms with E-state index in [-0.39, 0.29) is 18.9 Å². The first-order valence-corrected chi connectivity index (χ1v) is 9.69. The molecule has 0 aromatic carbocycles. The van der Waals surface area contributed by atoms with Crippen molar-refractivity contribution in [1.29, 1.82) is 0 Å². The molecule has 1 aromatic heterocycles. The molecule has 29 heavy (non-hydrogen) atoms. The highest BCUT2D eigenvalue weighted by atomic mass is 35.5. The molecule has 0 saturated carbocycles. The van der Waals surface area contributed by atoms with E-state index in [0.29, 0.717) is 0 Å². The summed E-state index contributed by atoms with van der Waals surface area (Å²) in [5, 5.41) is 0. The van der Waals surface area contributed by atoms with E-state index < -0.39 is 59.0 Å². The van der Waals surface area contributed by atoms with Gasteiger partial charge in [-0.15, -0.1) is 11.6 Å². The normalized spacial score (nSPS) is 24.1. The molecular weight excluding hydrogens is 409 g/mol. The third-order valence-corrected chi connectivity index (χ3v) is 4.96. The Kier molecular flexibility index (Phi) is 7.23. The van der Waals surface area contributed by atoms with Gasteiger partial charge in [0.2, 0.25) is 0 Å². The van der Waals surface area contributed by atoms with Crippen molar-refractivity contribution in [3.63, 3.8) is 0 Å². The smallest absolute Gasteiger partial charge is 0.351 e. The van der Waals surface area contributed by atoms with Gasteiger partial charge in [-0.1, -0.05) is 27.7 Å². The molecule has 0 radical (unpaired) electrons. The van der Waals surface area contributed by atoms with Crippen LogP contribution in [0.2, 0.25) is 0 Å². The van der Waals surface area contributed by atoms with Crippen molar-refractivity contribution in [3.05, 3.63) is 22.5 Å². The second-order valence-electron chi connectivity index (χ2n) is 7.51. The van der Waals surface area contributed by atoms with Crippen LogP contribution in [0.5, 0.6) is 0 Å². The van der Waals surface area contributed by atoms with Crippen molar-refractivity contribution < 1.29 is 28.2 Å². The van der Waals surface area contributed by atoms with E-state index >= 15 is 0 Å². The largest absolute Gasteiger partial charge is 0.462 e. The fourth-order valence-corrected chi connectivity index (χ4v) is 3.01. The van der Waals surface area contributed by atoms with Crippen LogP contribution in [0.15, 0.2) is 11.0 Å². The molecule has 2 heterocycles. The minimum absolute atomic E-state index is 0.0185. The summed E-state index contributed by atoms with van der Waals surface area (Å²) in [5.41, 5.74) is 3.06. The molecular formula is C18H25ClFN3O6. The molecule has 0 spiro atoms. The van der Waals surface area contributed by atoms with Crippen LogP contribution in [0, 0.1) is 17.7 Å². The SMILES string of the molecule is CC(C)C(=O)OCC1(CCl)OC(n2cc(F)c(N)nc2=O)CC1OC(=O)C(C)C. The van der Waals surface area contributed by atoms with Gasteiger partial charge in [-0.05, 0) is 0 Å². The molecule has 1 aliphatic heterocycles. The minimum Gasteiger partial charge on any atom is -0.462 e. The predicted molar refractivity (Wildman–Crippen MR) is 102 cm³/mol. The summed E-state index contributed by atoms with van der Waals surface area (Å²) in [6.45, 7) is 6.32. The fourth-order valence-electron chi connectivity index (χ4n) is 2.70. The summed E-state index contributed by atoms with van der Waals surface area (Å²) in [5.74, 6) is -3.48. The number of hydrogen-bond acceptors (Lipinski definition) is 8. The van der Waals surface area contributed by atoms with Gasteiger partial charge in [0.1, 0.15) is 18.9 Å². The first-order chi connectivity index (χ1) is 13.5. The van der Waals surface area contributed by atoms with Gasteiger partial charge in [0.15, 0.2) is 17.2 Å². The van der Waals surface area contributed by atoms with Crippen molar-refractivity contribution in [3.8, 4) is 0 Å².